The third-order valence-electron chi connectivity index (χ3n) is 8.75. The van der Waals surface area contributed by atoms with Crippen LogP contribution < -0.4 is 5.32 Å². The number of amides is 2. The first-order chi connectivity index (χ1) is 21.2. The Morgan fingerprint density at radius 2 is 1.71 bits per heavy atom. The number of nitrogens with zero attached hydrogens (tertiary/aromatic N) is 4. The van der Waals surface area contributed by atoms with Crippen LogP contribution in [0.25, 0.3) is 11.1 Å². The normalized spacial score (nSPS) is 23.0. The monoisotopic (exact) mass is 643 g/mol. The zero-order chi connectivity index (χ0) is 32.7. The molecule has 2 heterocycles. The average Bonchev–Trinajstić information content (AvgIpc) is 3.59. The number of halogens is 2. The van der Waals surface area contributed by atoms with E-state index in [-0.39, 0.29) is 37.0 Å². The Labute approximate surface area is 263 Å². The first kappa shape index (κ1) is 32.8. The smallest absolute Gasteiger partial charge is 0.411 e. The van der Waals surface area contributed by atoms with E-state index in [1.807, 2.05) is 18.0 Å². The van der Waals surface area contributed by atoms with Gasteiger partial charge in [-0.05, 0) is 87.9 Å². The Morgan fingerprint density at radius 3 is 2.36 bits per heavy atom. The minimum absolute atomic E-state index is 0.0430. The van der Waals surface area contributed by atoms with Crippen molar-refractivity contribution in [1.29, 1.82) is 5.26 Å². The first-order valence-electron chi connectivity index (χ1n) is 15.2. The highest BCUT2D eigenvalue weighted by molar-refractivity contribution is 7.89. The molecule has 0 spiro atoms. The van der Waals surface area contributed by atoms with Crippen LogP contribution in [-0.4, -0.2) is 91.5 Å². The Morgan fingerprint density at radius 1 is 1.04 bits per heavy atom. The van der Waals surface area contributed by atoms with Crippen molar-refractivity contribution in [1.82, 2.24) is 19.4 Å². The molecule has 1 N–H and O–H groups in total. The maximum atomic E-state index is 15.4. The fraction of sp³-hybridized carbons (Fsp3) is 0.531. The number of likely N-dealkylation sites (tertiary alicyclic amines) is 1. The summed E-state index contributed by atoms with van der Waals surface area (Å²) in [5.74, 6) is -2.07. The lowest BCUT2D eigenvalue weighted by Gasteiger charge is -2.35. The highest BCUT2D eigenvalue weighted by Crippen LogP contribution is 2.43. The molecule has 2 bridgehead atoms. The van der Waals surface area contributed by atoms with Gasteiger partial charge >= 0.3 is 6.09 Å². The van der Waals surface area contributed by atoms with Gasteiger partial charge in [0.25, 0.3) is 0 Å². The lowest BCUT2D eigenvalue weighted by Crippen LogP contribution is -2.55. The second-order valence-electron chi connectivity index (χ2n) is 13.1. The van der Waals surface area contributed by atoms with Gasteiger partial charge in [-0.2, -0.15) is 9.57 Å². The maximum absolute atomic E-state index is 15.4. The number of piperazine rings is 1. The van der Waals surface area contributed by atoms with E-state index in [9.17, 15) is 27.7 Å². The summed E-state index contributed by atoms with van der Waals surface area (Å²) < 4.78 is 63.4. The summed E-state index contributed by atoms with van der Waals surface area (Å²) in [5, 5.41) is 12.5. The highest BCUT2D eigenvalue weighted by atomic mass is 32.2. The number of sulfonamides is 1. The molecule has 2 saturated heterocycles. The van der Waals surface area contributed by atoms with E-state index < -0.39 is 56.2 Å². The Kier molecular flexibility index (Phi) is 9.22. The number of fused-ring (bicyclic) bond motifs is 2. The van der Waals surface area contributed by atoms with Gasteiger partial charge in [-0.1, -0.05) is 18.2 Å². The molecule has 3 fully saturated rings. The van der Waals surface area contributed by atoms with E-state index in [1.165, 1.54) is 33.5 Å². The molecule has 0 radical (unpaired) electrons. The predicted molar refractivity (Wildman–Crippen MR) is 162 cm³/mol. The molecule has 4 atom stereocenters. The SMILES string of the molecule is CN1CCN(S(=O)(=O)c2cc(-c3ccc(C[C@@H](C#N)NC(=O)[C@@H]4[C@H]5CC[C@H](C5)N4C(=O)OC(C)(C)C)c(F)c3)ccc2F)CC1. The third kappa shape index (κ3) is 6.98. The fourth-order valence-electron chi connectivity index (χ4n) is 6.45. The number of hydrogen-bond donors (Lipinski definition) is 1. The summed E-state index contributed by atoms with van der Waals surface area (Å²) in [6.07, 6.45) is 1.56. The van der Waals surface area contributed by atoms with Crippen molar-refractivity contribution >= 4 is 22.0 Å². The second kappa shape index (κ2) is 12.7. The van der Waals surface area contributed by atoms with Gasteiger partial charge in [-0.25, -0.2) is 22.0 Å². The van der Waals surface area contributed by atoms with Crippen molar-refractivity contribution in [3.8, 4) is 17.2 Å². The molecule has 1 saturated carbocycles. The zero-order valence-electron chi connectivity index (χ0n) is 25.9. The Bertz CT molecular complexity index is 1610. The number of nitriles is 1. The Hall–Kier alpha value is -3.60. The van der Waals surface area contributed by atoms with E-state index in [0.29, 0.717) is 30.6 Å². The summed E-state index contributed by atoms with van der Waals surface area (Å²) in [6, 6.07) is 7.96. The zero-order valence-corrected chi connectivity index (χ0v) is 26.7. The number of hydrogen-bond acceptors (Lipinski definition) is 7. The van der Waals surface area contributed by atoms with Gasteiger partial charge < -0.3 is 15.0 Å². The molecule has 0 unspecified atom stereocenters. The number of piperidine rings is 1. The van der Waals surface area contributed by atoms with Crippen molar-refractivity contribution in [2.45, 2.75) is 75.1 Å². The largest absolute Gasteiger partial charge is 0.444 e. The summed E-state index contributed by atoms with van der Waals surface area (Å²) in [6.45, 7) is 6.80. The molecule has 2 aromatic rings. The highest BCUT2D eigenvalue weighted by Gasteiger charge is 2.52. The van der Waals surface area contributed by atoms with Crippen molar-refractivity contribution in [2.75, 3.05) is 33.2 Å². The lowest BCUT2D eigenvalue weighted by molar-refractivity contribution is -0.128. The molecule has 3 aliphatic rings. The van der Waals surface area contributed by atoms with Gasteiger partial charge in [-0.15, -0.1) is 0 Å². The van der Waals surface area contributed by atoms with Crippen LogP contribution in [0.2, 0.25) is 0 Å². The van der Waals surface area contributed by atoms with Crippen molar-refractivity contribution < 1.29 is 31.5 Å². The van der Waals surface area contributed by atoms with Crippen molar-refractivity contribution in [2.24, 2.45) is 5.92 Å². The van der Waals surface area contributed by atoms with Crippen molar-refractivity contribution in [3.05, 3.63) is 53.6 Å². The van der Waals surface area contributed by atoms with E-state index in [1.54, 1.807) is 26.8 Å². The van der Waals surface area contributed by atoms with Gasteiger partial charge in [0.2, 0.25) is 15.9 Å². The molecule has 1 aliphatic carbocycles. The van der Waals surface area contributed by atoms with Gasteiger partial charge in [0, 0.05) is 38.6 Å². The van der Waals surface area contributed by atoms with Gasteiger partial charge in [0.15, 0.2) is 0 Å². The van der Waals surface area contributed by atoms with Crippen LogP contribution in [0, 0.1) is 28.9 Å². The summed E-state index contributed by atoms with van der Waals surface area (Å²) >= 11 is 0. The molecule has 242 valence electrons. The molecule has 13 heteroatoms. The predicted octanol–water partition coefficient (Wildman–Crippen LogP) is 3.91. The topological polar surface area (TPSA) is 123 Å². The molecule has 2 aliphatic heterocycles. The van der Waals surface area contributed by atoms with Crippen LogP contribution in [0.3, 0.4) is 0 Å². The van der Waals surface area contributed by atoms with Gasteiger partial charge in [0.1, 0.15) is 34.2 Å². The summed E-state index contributed by atoms with van der Waals surface area (Å²) in [7, 11) is -2.21. The molecule has 45 heavy (non-hydrogen) atoms. The fourth-order valence-corrected chi connectivity index (χ4v) is 7.96. The molecular weight excluding hydrogens is 604 g/mol. The number of carbonyl (C=O) groups is 2. The molecule has 5 rings (SSSR count). The third-order valence-corrected chi connectivity index (χ3v) is 10.7. The standard InChI is InChI=1S/C32H39F2N5O5S/c1-32(2,3)44-31(41)39-25-9-7-23(16-25)29(39)30(40)36-24(19-35)15-22-6-5-20(17-27(22)34)21-8-10-26(33)28(18-21)45(42,43)38-13-11-37(4)12-14-38/h5-6,8,10,17-18,23-25,29H,7,9,11-16H2,1-4H3,(H,36,40)/t23-,24-,25+,29-/m0/s1. The van der Waals surface area contributed by atoms with Gasteiger partial charge in [0.05, 0.1) is 6.07 Å². The van der Waals surface area contributed by atoms with E-state index in [0.717, 1.165) is 18.9 Å². The number of carbonyl (C=O) groups excluding carboxylic acids is 2. The van der Waals surface area contributed by atoms with Crippen LogP contribution in [0.4, 0.5) is 13.6 Å². The molecule has 2 aromatic carbocycles. The van der Waals surface area contributed by atoms with E-state index >= 15 is 4.39 Å². The molecular formula is C32H39F2N5O5S. The number of likely N-dealkylation sites (N-methyl/N-ethyl adjacent to an activating group) is 1. The molecule has 10 nitrogen and oxygen atoms in total. The van der Waals surface area contributed by atoms with Crippen LogP contribution in [0.15, 0.2) is 41.3 Å². The minimum Gasteiger partial charge on any atom is -0.444 e. The van der Waals surface area contributed by atoms with Crippen molar-refractivity contribution in [3.63, 3.8) is 0 Å². The average molecular weight is 644 g/mol. The summed E-state index contributed by atoms with van der Waals surface area (Å²) in [5.41, 5.74) is 0.0828. The maximum Gasteiger partial charge on any atom is 0.411 e. The van der Waals surface area contributed by atoms with Crippen LogP contribution in [0.1, 0.15) is 45.6 Å². The van der Waals surface area contributed by atoms with Crippen LogP contribution in [-0.2, 0) is 26.0 Å². The minimum atomic E-state index is -4.10. The van der Waals surface area contributed by atoms with E-state index in [4.69, 9.17) is 4.74 Å². The lowest BCUT2D eigenvalue weighted by atomic mass is 9.97. The van der Waals surface area contributed by atoms with Gasteiger partial charge in [-0.3, -0.25) is 9.69 Å². The molecule has 0 aromatic heterocycles. The number of ether oxygens (including phenoxy) is 1. The number of nitrogens with one attached hydrogen (secondary N) is 1. The molecule has 2 amide bonds. The number of benzene rings is 2. The van der Waals surface area contributed by atoms with Crippen LogP contribution >= 0.6 is 0 Å². The Balaban J connectivity index is 1.29. The first-order valence-corrected chi connectivity index (χ1v) is 16.6. The van der Waals surface area contributed by atoms with Crippen LogP contribution in [0.5, 0.6) is 0 Å². The summed E-state index contributed by atoms with van der Waals surface area (Å²) in [4.78, 5) is 29.3. The second-order valence-corrected chi connectivity index (χ2v) is 15.0. The van der Waals surface area contributed by atoms with E-state index in [2.05, 4.69) is 5.32 Å². The number of rotatable bonds is 7. The quantitative estimate of drug-likeness (QED) is 0.486.